The molecule has 1 aliphatic rings. The molecule has 0 saturated carbocycles. The van der Waals surface area contributed by atoms with Gasteiger partial charge in [-0.05, 0) is 38.5 Å². The predicted molar refractivity (Wildman–Crippen MR) is 85.8 cm³/mol. The third-order valence-electron chi connectivity index (χ3n) is 4.24. The number of aryl methyl sites for hydroxylation is 2. The first-order chi connectivity index (χ1) is 10.5. The molecule has 0 aliphatic carbocycles. The summed E-state index contributed by atoms with van der Waals surface area (Å²) in [5.41, 5.74) is 7.02. The maximum Gasteiger partial charge on any atom is 0.296 e. The normalized spacial score (nSPS) is 12.2. The van der Waals surface area contributed by atoms with Gasteiger partial charge in [0, 0.05) is 10.7 Å². The van der Waals surface area contributed by atoms with Gasteiger partial charge in [-0.15, -0.1) is 0 Å². The molecule has 0 bridgehead atoms. The molecule has 2 aromatic heterocycles. The molecule has 3 heterocycles. The number of nitrogens with one attached hydrogen (secondary N) is 1. The quantitative estimate of drug-likeness (QED) is 0.548. The summed E-state index contributed by atoms with van der Waals surface area (Å²) in [6.07, 6.45) is 1.83. The summed E-state index contributed by atoms with van der Waals surface area (Å²) < 4.78 is 9.49. The molecule has 6 heteroatoms. The fourth-order valence-corrected chi connectivity index (χ4v) is 3.54. The summed E-state index contributed by atoms with van der Waals surface area (Å²) in [6.45, 7) is 6.09. The number of ether oxygens (including phenoxy) is 1. The lowest BCUT2D eigenvalue weighted by atomic mass is 10.0. The topological polar surface area (TPSA) is 42.4 Å². The Morgan fingerprint density at radius 3 is 2.73 bits per heavy atom. The van der Waals surface area contributed by atoms with E-state index in [4.69, 9.17) is 16.3 Å². The van der Waals surface area contributed by atoms with Gasteiger partial charge in [-0.1, -0.05) is 16.1 Å². The number of benzene rings is 1. The minimum atomic E-state index is 0.684. The Hall–Kier alpha value is -2.27. The van der Waals surface area contributed by atoms with E-state index in [1.165, 1.54) is 0 Å². The molecule has 5 nitrogen and oxygen atoms in total. The number of aromatic nitrogens is 3. The van der Waals surface area contributed by atoms with E-state index < -0.39 is 0 Å². The predicted octanol–water partition coefficient (Wildman–Crippen LogP) is 3.26. The first kappa shape index (κ1) is 13.4. The molecule has 0 saturated heterocycles. The highest BCUT2D eigenvalue weighted by Crippen LogP contribution is 2.40. The van der Waals surface area contributed by atoms with Crippen LogP contribution < -0.4 is 14.6 Å². The second-order valence-electron chi connectivity index (χ2n) is 5.62. The lowest BCUT2D eigenvalue weighted by Crippen LogP contribution is -2.34. The van der Waals surface area contributed by atoms with Crippen molar-refractivity contribution >= 4 is 28.6 Å². The number of pyridine rings is 1. The number of anilines is 2. The second-order valence-corrected chi connectivity index (χ2v) is 6.02. The van der Waals surface area contributed by atoms with Crippen LogP contribution in [0.1, 0.15) is 16.8 Å². The lowest BCUT2D eigenvalue weighted by Gasteiger charge is -2.22. The Bertz CT molecular complexity index is 945. The molecular weight excluding hydrogens is 300 g/mol. The van der Waals surface area contributed by atoms with Crippen LogP contribution in [-0.2, 0) is 0 Å². The molecule has 0 spiro atoms. The van der Waals surface area contributed by atoms with Crippen LogP contribution in [0, 0.1) is 20.8 Å². The SMILES string of the molecule is COc1c(C)cc2c(c1C)Nc1c(Cl)cc(C)n3nc[n+]-2c13. The minimum Gasteiger partial charge on any atom is -0.496 e. The van der Waals surface area contributed by atoms with Crippen molar-refractivity contribution in [1.29, 1.82) is 0 Å². The van der Waals surface area contributed by atoms with Crippen LogP contribution in [0.5, 0.6) is 5.75 Å². The van der Waals surface area contributed by atoms with Gasteiger partial charge in [-0.2, -0.15) is 4.57 Å². The summed E-state index contributed by atoms with van der Waals surface area (Å²) in [5, 5.41) is 8.63. The van der Waals surface area contributed by atoms with Gasteiger partial charge in [-0.25, -0.2) is 0 Å². The lowest BCUT2D eigenvalue weighted by molar-refractivity contribution is -0.568. The average molecular weight is 316 g/mol. The molecule has 0 unspecified atom stereocenters. The molecule has 0 amide bonds. The summed E-state index contributed by atoms with van der Waals surface area (Å²) in [6, 6.07) is 4.02. The molecule has 22 heavy (non-hydrogen) atoms. The Morgan fingerprint density at radius 1 is 1.23 bits per heavy atom. The van der Waals surface area contributed by atoms with Crippen LogP contribution in [0.15, 0.2) is 18.5 Å². The van der Waals surface area contributed by atoms with Crippen molar-refractivity contribution in [2.75, 3.05) is 12.4 Å². The van der Waals surface area contributed by atoms with Crippen molar-refractivity contribution < 1.29 is 9.30 Å². The summed E-state index contributed by atoms with van der Waals surface area (Å²) in [4.78, 5) is 0. The highest BCUT2D eigenvalue weighted by molar-refractivity contribution is 6.34. The summed E-state index contributed by atoms with van der Waals surface area (Å²) in [7, 11) is 1.69. The summed E-state index contributed by atoms with van der Waals surface area (Å²) in [5.74, 6) is 0.891. The average Bonchev–Trinajstić information content (AvgIpc) is 2.91. The number of methoxy groups -OCH3 is 1. The zero-order chi connectivity index (χ0) is 15.6. The van der Waals surface area contributed by atoms with Crippen LogP contribution in [0.25, 0.3) is 11.3 Å². The minimum absolute atomic E-state index is 0.684. The molecule has 112 valence electrons. The molecule has 0 fully saturated rings. The first-order valence-electron chi connectivity index (χ1n) is 7.07. The van der Waals surface area contributed by atoms with Crippen molar-refractivity contribution in [1.82, 2.24) is 9.61 Å². The van der Waals surface area contributed by atoms with E-state index in [0.29, 0.717) is 5.02 Å². The van der Waals surface area contributed by atoms with Crippen LogP contribution in [-0.4, -0.2) is 16.7 Å². The Labute approximate surface area is 133 Å². The first-order valence-corrected chi connectivity index (χ1v) is 7.44. The van der Waals surface area contributed by atoms with E-state index in [2.05, 4.69) is 21.0 Å². The number of halogens is 1. The second kappa shape index (κ2) is 4.36. The van der Waals surface area contributed by atoms with Gasteiger partial charge in [0.1, 0.15) is 22.8 Å². The molecular formula is C16H16ClN4O+. The molecule has 1 aliphatic heterocycles. The number of hydrogen-bond donors (Lipinski definition) is 1. The van der Waals surface area contributed by atoms with Crippen molar-refractivity contribution in [3.63, 3.8) is 0 Å². The summed E-state index contributed by atoms with van der Waals surface area (Å²) >= 11 is 6.45. The molecule has 0 radical (unpaired) electrons. The van der Waals surface area contributed by atoms with Crippen LogP contribution >= 0.6 is 11.6 Å². The van der Waals surface area contributed by atoms with E-state index in [1.807, 2.05) is 37.7 Å². The van der Waals surface area contributed by atoms with Crippen LogP contribution in [0.3, 0.4) is 0 Å². The van der Waals surface area contributed by atoms with E-state index in [0.717, 1.165) is 45.3 Å². The van der Waals surface area contributed by atoms with E-state index in [1.54, 1.807) is 7.11 Å². The number of nitrogens with zero attached hydrogens (tertiary/aromatic N) is 3. The zero-order valence-electron chi connectivity index (χ0n) is 12.9. The highest BCUT2D eigenvalue weighted by atomic mass is 35.5. The van der Waals surface area contributed by atoms with E-state index in [9.17, 15) is 0 Å². The number of hydrogen-bond acceptors (Lipinski definition) is 3. The van der Waals surface area contributed by atoms with Crippen LogP contribution in [0.2, 0.25) is 5.02 Å². The van der Waals surface area contributed by atoms with Gasteiger partial charge in [-0.3, -0.25) is 0 Å². The van der Waals surface area contributed by atoms with Crippen molar-refractivity contribution in [2.45, 2.75) is 20.8 Å². The Kier molecular flexibility index (Phi) is 2.66. The van der Waals surface area contributed by atoms with E-state index >= 15 is 0 Å². The third kappa shape index (κ3) is 1.54. The van der Waals surface area contributed by atoms with E-state index in [-0.39, 0.29) is 0 Å². The molecule has 4 rings (SSSR count). The van der Waals surface area contributed by atoms with Gasteiger partial charge < -0.3 is 10.1 Å². The monoisotopic (exact) mass is 315 g/mol. The van der Waals surface area contributed by atoms with Gasteiger partial charge in [0.15, 0.2) is 0 Å². The number of rotatable bonds is 1. The highest BCUT2D eigenvalue weighted by Gasteiger charge is 2.30. The zero-order valence-corrected chi connectivity index (χ0v) is 13.6. The fourth-order valence-electron chi connectivity index (χ4n) is 3.25. The largest absolute Gasteiger partial charge is 0.496 e. The smallest absolute Gasteiger partial charge is 0.296 e. The third-order valence-corrected chi connectivity index (χ3v) is 4.54. The van der Waals surface area contributed by atoms with Crippen molar-refractivity contribution in [3.8, 4) is 11.4 Å². The molecule has 1 aromatic carbocycles. The maximum atomic E-state index is 6.45. The number of fused-ring (bicyclic) bond motifs is 2. The van der Waals surface area contributed by atoms with Crippen LogP contribution in [0.4, 0.5) is 11.4 Å². The van der Waals surface area contributed by atoms with Gasteiger partial charge in [0.25, 0.3) is 12.0 Å². The van der Waals surface area contributed by atoms with Crippen molar-refractivity contribution in [2.24, 2.45) is 0 Å². The molecule has 1 N–H and O–H groups in total. The van der Waals surface area contributed by atoms with Gasteiger partial charge in [0.05, 0.1) is 17.8 Å². The Balaban J connectivity index is 2.14. The van der Waals surface area contributed by atoms with Crippen molar-refractivity contribution in [3.05, 3.63) is 40.3 Å². The molecule has 0 atom stereocenters. The van der Waals surface area contributed by atoms with Gasteiger partial charge >= 0.3 is 0 Å². The maximum absolute atomic E-state index is 6.45. The molecule has 3 aromatic rings. The standard InChI is InChI=1S/C16H16ClN4O/c1-8-5-12-13(10(3)15(8)22-4)19-14-11(17)6-9(2)21-16(14)20(12)7-18-21/h5-7,19H,1-4H3/q+1. The van der Waals surface area contributed by atoms with Gasteiger partial charge in [0.2, 0.25) is 0 Å². The fraction of sp³-hybridized carbons (Fsp3) is 0.250. The Morgan fingerprint density at radius 2 is 2.00 bits per heavy atom.